The molecule has 1 aromatic carbocycles. The van der Waals surface area contributed by atoms with Gasteiger partial charge in [-0.25, -0.2) is 4.79 Å². The predicted octanol–water partition coefficient (Wildman–Crippen LogP) is -3.74. The number of rotatable bonds is 15. The first-order valence-electron chi connectivity index (χ1n) is 11.6. The molecule has 38 heavy (non-hydrogen) atoms. The Morgan fingerprint density at radius 2 is 1.34 bits per heavy atom. The molecule has 7 atom stereocenters. The van der Waals surface area contributed by atoms with E-state index in [1.54, 1.807) is 30.3 Å². The van der Waals surface area contributed by atoms with Crippen LogP contribution in [0.3, 0.4) is 0 Å². The van der Waals surface area contributed by atoms with Crippen molar-refractivity contribution in [3.8, 4) is 0 Å². The minimum Gasteiger partial charge on any atom is -0.480 e. The van der Waals surface area contributed by atoms with Gasteiger partial charge in [0.15, 0.2) is 0 Å². The van der Waals surface area contributed by atoms with Gasteiger partial charge in [-0.2, -0.15) is 12.6 Å². The van der Waals surface area contributed by atoms with Crippen molar-refractivity contribution < 1.29 is 44.4 Å². The van der Waals surface area contributed by atoms with Crippen LogP contribution in [-0.2, 0) is 30.4 Å². The number of nitrogens with one attached hydrogen (secondary N) is 4. The lowest BCUT2D eigenvalue weighted by Crippen LogP contribution is -2.62. The summed E-state index contributed by atoms with van der Waals surface area (Å²) >= 11 is 3.82. The van der Waals surface area contributed by atoms with Crippen LogP contribution in [0.5, 0.6) is 0 Å². The number of nitrogens with two attached hydrogens (primary N) is 1. The smallest absolute Gasteiger partial charge is 0.327 e. The molecule has 0 unspecified atom stereocenters. The maximum atomic E-state index is 13.1. The predicted molar refractivity (Wildman–Crippen MR) is 138 cm³/mol. The highest BCUT2D eigenvalue weighted by Gasteiger charge is 2.34. The number of aliphatic hydroxyl groups is 3. The van der Waals surface area contributed by atoms with Crippen molar-refractivity contribution in [2.75, 3.05) is 12.4 Å². The minimum absolute atomic E-state index is 0.0267. The summed E-state index contributed by atoms with van der Waals surface area (Å²) in [4.78, 5) is 61.9. The van der Waals surface area contributed by atoms with E-state index in [1.165, 1.54) is 13.8 Å². The Morgan fingerprint density at radius 1 is 0.816 bits per heavy atom. The summed E-state index contributed by atoms with van der Waals surface area (Å²) in [5.41, 5.74) is 6.30. The minimum atomic E-state index is -1.63. The van der Waals surface area contributed by atoms with Crippen LogP contribution >= 0.6 is 12.6 Å². The van der Waals surface area contributed by atoms with Crippen molar-refractivity contribution in [2.24, 2.45) is 5.73 Å². The van der Waals surface area contributed by atoms with E-state index in [-0.39, 0.29) is 12.2 Å². The lowest BCUT2D eigenvalue weighted by atomic mass is 10.0. The van der Waals surface area contributed by atoms with E-state index in [0.717, 1.165) is 0 Å². The highest BCUT2D eigenvalue weighted by molar-refractivity contribution is 7.80. The number of carboxylic acid groups (broad SMARTS) is 1. The molecule has 0 aromatic heterocycles. The fourth-order valence-electron chi connectivity index (χ4n) is 3.12. The van der Waals surface area contributed by atoms with Gasteiger partial charge in [0.2, 0.25) is 23.6 Å². The highest BCUT2D eigenvalue weighted by Crippen LogP contribution is 2.06. The molecule has 15 heteroatoms. The number of carboxylic acids is 1. The van der Waals surface area contributed by atoms with E-state index >= 15 is 0 Å². The highest BCUT2D eigenvalue weighted by atomic mass is 32.1. The summed E-state index contributed by atoms with van der Waals surface area (Å²) in [5, 5.41) is 47.4. The number of carbonyl (C=O) groups excluding carboxylic acids is 4. The SMILES string of the molecule is C[C@@H](O)[C@H](N)C(=O)N[C@@H](Cc1ccccc1)C(=O)N[C@H](C(=O)N[C@@H](CO)C(=O)N[C@@H](CS)C(=O)O)[C@@H](C)O. The third-order valence-electron chi connectivity index (χ3n) is 5.41. The van der Waals surface area contributed by atoms with Gasteiger partial charge in [0.25, 0.3) is 0 Å². The first kappa shape index (κ1) is 32.8. The Hall–Kier alpha value is -3.24. The van der Waals surface area contributed by atoms with E-state index in [1.807, 2.05) is 0 Å². The number of benzene rings is 1. The number of carbonyl (C=O) groups is 5. The van der Waals surface area contributed by atoms with Crippen LogP contribution < -0.4 is 27.0 Å². The number of aliphatic carboxylic acids is 1. The zero-order valence-corrected chi connectivity index (χ0v) is 21.8. The second-order valence-corrected chi connectivity index (χ2v) is 8.94. The summed E-state index contributed by atoms with van der Waals surface area (Å²) in [5.74, 6) is -5.44. The second kappa shape index (κ2) is 15.9. The van der Waals surface area contributed by atoms with Crippen LogP contribution in [0.25, 0.3) is 0 Å². The van der Waals surface area contributed by atoms with Crippen LogP contribution in [0.1, 0.15) is 19.4 Å². The van der Waals surface area contributed by atoms with Crippen LogP contribution in [0, 0.1) is 0 Å². The average Bonchev–Trinajstić information content (AvgIpc) is 2.87. The normalized spacial score (nSPS) is 16.5. The lowest BCUT2D eigenvalue weighted by molar-refractivity contribution is -0.142. The number of aliphatic hydroxyl groups excluding tert-OH is 3. The van der Waals surface area contributed by atoms with Crippen LogP contribution in [0.2, 0.25) is 0 Å². The summed E-state index contributed by atoms with van der Waals surface area (Å²) in [6.45, 7) is 1.57. The van der Waals surface area contributed by atoms with Gasteiger partial charge in [-0.1, -0.05) is 30.3 Å². The van der Waals surface area contributed by atoms with Gasteiger partial charge in [-0.3, -0.25) is 19.2 Å². The number of thiol groups is 1. The van der Waals surface area contributed by atoms with E-state index in [2.05, 4.69) is 33.9 Å². The van der Waals surface area contributed by atoms with Gasteiger partial charge in [-0.05, 0) is 19.4 Å². The fraction of sp³-hybridized carbons (Fsp3) is 0.522. The monoisotopic (exact) mass is 557 g/mol. The molecule has 0 aliphatic carbocycles. The van der Waals surface area contributed by atoms with Crippen molar-refractivity contribution in [1.29, 1.82) is 0 Å². The molecule has 0 aliphatic rings. The summed E-state index contributed by atoms with van der Waals surface area (Å²) in [6.07, 6.45) is -2.73. The van der Waals surface area contributed by atoms with Crippen LogP contribution in [0.15, 0.2) is 30.3 Å². The Balaban J connectivity index is 3.06. The molecule has 0 saturated carbocycles. The molecule has 0 fully saturated rings. The van der Waals surface area contributed by atoms with Gasteiger partial charge < -0.3 is 47.4 Å². The number of hydrogen-bond acceptors (Lipinski definition) is 10. The molecule has 0 aliphatic heterocycles. The van der Waals surface area contributed by atoms with E-state index < -0.39 is 78.6 Å². The van der Waals surface area contributed by atoms with Crippen molar-refractivity contribution in [3.63, 3.8) is 0 Å². The lowest BCUT2D eigenvalue weighted by Gasteiger charge is -2.27. The molecule has 0 saturated heterocycles. The fourth-order valence-corrected chi connectivity index (χ4v) is 3.37. The molecular weight excluding hydrogens is 522 g/mol. The quantitative estimate of drug-likeness (QED) is 0.0945. The molecule has 14 nitrogen and oxygen atoms in total. The zero-order chi connectivity index (χ0) is 29.0. The van der Waals surface area contributed by atoms with Crippen molar-refractivity contribution in [1.82, 2.24) is 21.3 Å². The van der Waals surface area contributed by atoms with Crippen LogP contribution in [0.4, 0.5) is 0 Å². The molecule has 212 valence electrons. The van der Waals surface area contributed by atoms with Crippen molar-refractivity contribution in [3.05, 3.63) is 35.9 Å². The molecular formula is C23H35N5O9S. The Kier molecular flexibility index (Phi) is 13.7. The molecule has 0 radical (unpaired) electrons. The number of hydrogen-bond donors (Lipinski definition) is 10. The topological polar surface area (TPSA) is 240 Å². The molecule has 10 N–H and O–H groups in total. The molecule has 1 rings (SSSR count). The van der Waals surface area contributed by atoms with Gasteiger partial charge >= 0.3 is 5.97 Å². The van der Waals surface area contributed by atoms with Crippen LogP contribution in [-0.4, -0.2) is 105 Å². The van der Waals surface area contributed by atoms with Gasteiger partial charge in [0, 0.05) is 12.2 Å². The van der Waals surface area contributed by atoms with E-state index in [4.69, 9.17) is 10.8 Å². The maximum Gasteiger partial charge on any atom is 0.327 e. The Bertz CT molecular complexity index is 964. The molecule has 0 spiro atoms. The maximum absolute atomic E-state index is 13.1. The van der Waals surface area contributed by atoms with Gasteiger partial charge in [0.05, 0.1) is 18.8 Å². The zero-order valence-electron chi connectivity index (χ0n) is 20.9. The molecule has 0 heterocycles. The summed E-state index contributed by atoms with van der Waals surface area (Å²) in [7, 11) is 0. The van der Waals surface area contributed by atoms with E-state index in [9.17, 15) is 39.3 Å². The third kappa shape index (κ3) is 10.3. The van der Waals surface area contributed by atoms with Crippen molar-refractivity contribution in [2.45, 2.75) is 62.7 Å². The second-order valence-electron chi connectivity index (χ2n) is 8.57. The van der Waals surface area contributed by atoms with Crippen molar-refractivity contribution >= 4 is 42.2 Å². The Morgan fingerprint density at radius 3 is 1.82 bits per heavy atom. The molecule has 4 amide bonds. The average molecular weight is 558 g/mol. The number of amides is 4. The van der Waals surface area contributed by atoms with Gasteiger partial charge in [-0.15, -0.1) is 0 Å². The standard InChI is InChI=1S/C23H35N5O9S/c1-11(30)17(24)21(34)25-14(8-13-6-4-3-5-7-13)19(32)28-18(12(2)31)22(35)26-15(9-29)20(33)27-16(10-38)23(36)37/h3-7,11-12,14-18,29-31,38H,8-10,24H2,1-2H3,(H,25,34)(H,26,35)(H,27,33)(H,28,32)(H,36,37)/t11-,12-,14+,15+,16+,17+,18+/m1/s1. The summed E-state index contributed by atoms with van der Waals surface area (Å²) < 4.78 is 0. The van der Waals surface area contributed by atoms with E-state index in [0.29, 0.717) is 5.56 Å². The van der Waals surface area contributed by atoms with Gasteiger partial charge in [0.1, 0.15) is 30.2 Å². The Labute approximate surface area is 224 Å². The molecule has 0 bridgehead atoms. The largest absolute Gasteiger partial charge is 0.480 e. The summed E-state index contributed by atoms with van der Waals surface area (Å²) in [6, 6.07) is 1.32. The first-order chi connectivity index (χ1) is 17.8. The third-order valence-corrected chi connectivity index (χ3v) is 5.78. The molecule has 1 aromatic rings. The first-order valence-corrected chi connectivity index (χ1v) is 12.3.